The van der Waals surface area contributed by atoms with E-state index in [0.29, 0.717) is 0 Å². The molecule has 2 rings (SSSR count). The Hall–Kier alpha value is -1.55. The van der Waals surface area contributed by atoms with Gasteiger partial charge >= 0.3 is 0 Å². The van der Waals surface area contributed by atoms with Crippen LogP contribution in [0.1, 0.15) is 30.4 Å². The molecule has 98 valence electrons. The van der Waals surface area contributed by atoms with Gasteiger partial charge in [0.25, 0.3) is 0 Å². The van der Waals surface area contributed by atoms with Gasteiger partial charge in [-0.3, -0.25) is 4.90 Å². The molecule has 0 saturated carbocycles. The van der Waals surface area contributed by atoms with E-state index < -0.39 is 0 Å². The normalized spacial score (nSPS) is 17.2. The highest BCUT2D eigenvalue weighted by Crippen LogP contribution is 2.22. The van der Waals surface area contributed by atoms with Gasteiger partial charge in [-0.25, -0.2) is 0 Å². The van der Waals surface area contributed by atoms with E-state index in [1.54, 1.807) is 7.11 Å². The molecule has 1 heterocycles. The van der Waals surface area contributed by atoms with Crippen molar-refractivity contribution in [3.05, 3.63) is 29.3 Å². The maximum absolute atomic E-state index is 8.59. The highest BCUT2D eigenvalue weighted by Gasteiger charge is 2.13. The van der Waals surface area contributed by atoms with Crippen molar-refractivity contribution in [2.75, 3.05) is 20.2 Å². The van der Waals surface area contributed by atoms with Crippen LogP contribution in [0.15, 0.2) is 23.4 Å². The minimum atomic E-state index is 0.894. The first-order valence-electron chi connectivity index (χ1n) is 6.40. The van der Waals surface area contributed by atoms with Crippen LogP contribution in [0.2, 0.25) is 0 Å². The smallest absolute Gasteiger partial charge is 0.123 e. The van der Waals surface area contributed by atoms with Crippen molar-refractivity contribution in [2.24, 2.45) is 5.16 Å². The standard InChI is InChI=1S/C14H20N2O2/c1-18-14-6-5-12(10-15-17)9-13(14)11-16-7-3-2-4-8-16/h5-6,9-10,17H,2-4,7-8,11H2,1H3/b15-10+. The van der Waals surface area contributed by atoms with E-state index in [0.717, 1.165) is 36.5 Å². The van der Waals surface area contributed by atoms with Crippen molar-refractivity contribution in [3.8, 4) is 5.75 Å². The van der Waals surface area contributed by atoms with Crippen molar-refractivity contribution >= 4 is 6.21 Å². The first-order chi connectivity index (χ1) is 8.83. The lowest BCUT2D eigenvalue weighted by atomic mass is 10.1. The minimum absolute atomic E-state index is 0.894. The predicted molar refractivity (Wildman–Crippen MR) is 71.5 cm³/mol. The Morgan fingerprint density at radius 3 is 2.78 bits per heavy atom. The molecule has 1 aromatic rings. The molecule has 0 amide bonds. The molecular weight excluding hydrogens is 228 g/mol. The van der Waals surface area contributed by atoms with E-state index in [1.165, 1.54) is 25.5 Å². The van der Waals surface area contributed by atoms with Crippen molar-refractivity contribution in [2.45, 2.75) is 25.8 Å². The monoisotopic (exact) mass is 248 g/mol. The molecule has 1 aliphatic heterocycles. The van der Waals surface area contributed by atoms with Gasteiger partial charge in [-0.15, -0.1) is 0 Å². The van der Waals surface area contributed by atoms with Crippen molar-refractivity contribution in [1.29, 1.82) is 0 Å². The van der Waals surface area contributed by atoms with Gasteiger partial charge in [-0.1, -0.05) is 11.6 Å². The highest BCUT2D eigenvalue weighted by molar-refractivity contribution is 5.79. The van der Waals surface area contributed by atoms with Crippen LogP contribution in [-0.2, 0) is 6.54 Å². The Kier molecular flexibility index (Phi) is 4.59. The molecule has 0 bridgehead atoms. The van der Waals surface area contributed by atoms with E-state index in [1.807, 2.05) is 18.2 Å². The van der Waals surface area contributed by atoms with Crippen LogP contribution in [0.25, 0.3) is 0 Å². The third kappa shape index (κ3) is 3.23. The summed E-state index contributed by atoms with van der Waals surface area (Å²) >= 11 is 0. The van der Waals surface area contributed by atoms with Crippen LogP contribution in [-0.4, -0.2) is 36.5 Å². The second kappa shape index (κ2) is 6.40. The Morgan fingerprint density at radius 1 is 1.33 bits per heavy atom. The summed E-state index contributed by atoms with van der Waals surface area (Å²) in [6.45, 7) is 3.21. The summed E-state index contributed by atoms with van der Waals surface area (Å²) in [5, 5.41) is 11.7. The second-order valence-electron chi connectivity index (χ2n) is 4.65. The average molecular weight is 248 g/mol. The number of methoxy groups -OCH3 is 1. The lowest BCUT2D eigenvalue weighted by Gasteiger charge is -2.27. The topological polar surface area (TPSA) is 45.1 Å². The van der Waals surface area contributed by atoms with Crippen LogP contribution >= 0.6 is 0 Å². The van der Waals surface area contributed by atoms with E-state index in [-0.39, 0.29) is 0 Å². The summed E-state index contributed by atoms with van der Waals surface area (Å²) < 4.78 is 5.39. The molecule has 1 aromatic carbocycles. The SMILES string of the molecule is COc1ccc(/C=N/O)cc1CN1CCCCC1. The molecule has 1 aliphatic rings. The molecule has 0 spiro atoms. The summed E-state index contributed by atoms with van der Waals surface area (Å²) in [7, 11) is 1.69. The number of ether oxygens (including phenoxy) is 1. The Morgan fingerprint density at radius 2 is 2.11 bits per heavy atom. The van der Waals surface area contributed by atoms with Gasteiger partial charge in [0.05, 0.1) is 13.3 Å². The number of piperidine rings is 1. The zero-order valence-electron chi connectivity index (χ0n) is 10.8. The fourth-order valence-corrected chi connectivity index (χ4v) is 2.43. The zero-order valence-corrected chi connectivity index (χ0v) is 10.8. The van der Waals surface area contributed by atoms with Crippen LogP contribution < -0.4 is 4.74 Å². The van der Waals surface area contributed by atoms with E-state index in [9.17, 15) is 0 Å². The van der Waals surface area contributed by atoms with Gasteiger partial charge in [0.2, 0.25) is 0 Å². The maximum atomic E-state index is 8.59. The van der Waals surface area contributed by atoms with Gasteiger partial charge in [0, 0.05) is 12.1 Å². The fourth-order valence-electron chi connectivity index (χ4n) is 2.43. The Balaban J connectivity index is 2.14. The molecule has 0 unspecified atom stereocenters. The number of rotatable bonds is 4. The molecule has 18 heavy (non-hydrogen) atoms. The average Bonchev–Trinajstić information content (AvgIpc) is 2.41. The van der Waals surface area contributed by atoms with Crippen LogP contribution in [0.3, 0.4) is 0 Å². The van der Waals surface area contributed by atoms with Gasteiger partial charge < -0.3 is 9.94 Å². The molecule has 1 fully saturated rings. The molecule has 4 heteroatoms. The molecule has 0 aromatic heterocycles. The summed E-state index contributed by atoms with van der Waals surface area (Å²) in [6.07, 6.45) is 5.34. The summed E-state index contributed by atoms with van der Waals surface area (Å²) in [5.41, 5.74) is 2.04. The molecule has 0 atom stereocenters. The lowest BCUT2D eigenvalue weighted by molar-refractivity contribution is 0.218. The first kappa shape index (κ1) is 12.9. The van der Waals surface area contributed by atoms with Gasteiger partial charge in [0.1, 0.15) is 5.75 Å². The van der Waals surface area contributed by atoms with Crippen molar-refractivity contribution in [3.63, 3.8) is 0 Å². The number of nitrogens with zero attached hydrogens (tertiary/aromatic N) is 2. The van der Waals surface area contributed by atoms with Crippen LogP contribution in [0, 0.1) is 0 Å². The third-order valence-corrected chi connectivity index (χ3v) is 3.35. The second-order valence-corrected chi connectivity index (χ2v) is 4.65. The number of hydrogen-bond acceptors (Lipinski definition) is 4. The quantitative estimate of drug-likeness (QED) is 0.506. The molecule has 0 aliphatic carbocycles. The number of hydrogen-bond donors (Lipinski definition) is 1. The molecule has 4 nitrogen and oxygen atoms in total. The van der Waals surface area contributed by atoms with E-state index in [4.69, 9.17) is 9.94 Å². The number of benzene rings is 1. The van der Waals surface area contributed by atoms with Gasteiger partial charge in [-0.05, 0) is 49.7 Å². The number of likely N-dealkylation sites (tertiary alicyclic amines) is 1. The predicted octanol–water partition coefficient (Wildman–Crippen LogP) is 2.49. The highest BCUT2D eigenvalue weighted by atomic mass is 16.5. The van der Waals surface area contributed by atoms with Gasteiger partial charge in [-0.2, -0.15) is 0 Å². The van der Waals surface area contributed by atoms with Crippen molar-refractivity contribution in [1.82, 2.24) is 4.90 Å². The molecular formula is C14H20N2O2. The van der Waals surface area contributed by atoms with Gasteiger partial charge in [0.15, 0.2) is 0 Å². The lowest BCUT2D eigenvalue weighted by Crippen LogP contribution is -2.29. The van der Waals surface area contributed by atoms with Crippen LogP contribution in [0.4, 0.5) is 0 Å². The van der Waals surface area contributed by atoms with E-state index >= 15 is 0 Å². The maximum Gasteiger partial charge on any atom is 0.123 e. The Bertz CT molecular complexity index is 412. The number of oxime groups is 1. The van der Waals surface area contributed by atoms with Crippen LogP contribution in [0.5, 0.6) is 5.75 Å². The first-order valence-corrected chi connectivity index (χ1v) is 6.40. The minimum Gasteiger partial charge on any atom is -0.496 e. The fraction of sp³-hybridized carbons (Fsp3) is 0.500. The third-order valence-electron chi connectivity index (χ3n) is 3.35. The summed E-state index contributed by atoms with van der Waals surface area (Å²) in [5.74, 6) is 0.899. The largest absolute Gasteiger partial charge is 0.496 e. The van der Waals surface area contributed by atoms with Crippen molar-refractivity contribution < 1.29 is 9.94 Å². The van der Waals surface area contributed by atoms with E-state index in [2.05, 4.69) is 10.1 Å². The Labute approximate surface area is 108 Å². The summed E-state index contributed by atoms with van der Waals surface area (Å²) in [6, 6.07) is 5.84. The summed E-state index contributed by atoms with van der Waals surface area (Å²) in [4.78, 5) is 2.45. The molecule has 1 N–H and O–H groups in total. The molecule has 0 radical (unpaired) electrons. The zero-order chi connectivity index (χ0) is 12.8. The molecule has 1 saturated heterocycles.